The molecule has 0 N–H and O–H groups in total. The summed E-state index contributed by atoms with van der Waals surface area (Å²) in [5.74, 6) is 0.868. The summed E-state index contributed by atoms with van der Waals surface area (Å²) in [5.41, 5.74) is 0. The molecule has 0 aromatic rings. The number of likely N-dealkylation sites (tertiary alicyclic amines) is 1. The predicted molar refractivity (Wildman–Crippen MR) is 79.4 cm³/mol. The van der Waals surface area contributed by atoms with Crippen LogP contribution < -0.4 is 0 Å². The van der Waals surface area contributed by atoms with Crippen LogP contribution in [0.4, 0.5) is 0 Å². The summed E-state index contributed by atoms with van der Waals surface area (Å²) < 4.78 is 23.3. The van der Waals surface area contributed by atoms with E-state index in [-0.39, 0.29) is 11.9 Å². The van der Waals surface area contributed by atoms with E-state index >= 15 is 0 Å². The fraction of sp³-hybridized carbons (Fsp3) is 0.929. The maximum atomic E-state index is 11.6. The summed E-state index contributed by atoms with van der Waals surface area (Å²) in [4.78, 5) is 15.8. The van der Waals surface area contributed by atoms with E-state index in [2.05, 4.69) is 11.8 Å². The zero-order valence-electron chi connectivity index (χ0n) is 12.4. The van der Waals surface area contributed by atoms with Gasteiger partial charge in [-0.25, -0.2) is 8.42 Å². The van der Waals surface area contributed by atoms with E-state index < -0.39 is 9.84 Å². The van der Waals surface area contributed by atoms with Gasteiger partial charge in [-0.1, -0.05) is 13.3 Å². The van der Waals surface area contributed by atoms with Gasteiger partial charge in [-0.15, -0.1) is 0 Å². The maximum absolute atomic E-state index is 11.6. The second-order valence-electron chi connectivity index (χ2n) is 5.93. The van der Waals surface area contributed by atoms with E-state index in [1.807, 2.05) is 4.90 Å². The van der Waals surface area contributed by atoms with Crippen molar-refractivity contribution in [1.29, 1.82) is 0 Å². The van der Waals surface area contributed by atoms with Crippen molar-refractivity contribution in [1.82, 2.24) is 9.80 Å². The Labute approximate surface area is 122 Å². The molecule has 20 heavy (non-hydrogen) atoms. The second-order valence-corrected chi connectivity index (χ2v) is 8.16. The molecule has 0 spiro atoms. The number of amides is 1. The largest absolute Gasteiger partial charge is 0.341 e. The van der Waals surface area contributed by atoms with Crippen molar-refractivity contribution in [2.45, 2.75) is 45.1 Å². The molecule has 0 aliphatic carbocycles. The Hall–Kier alpha value is -0.620. The highest BCUT2D eigenvalue weighted by Gasteiger charge is 2.32. The van der Waals surface area contributed by atoms with Crippen LogP contribution in [0.5, 0.6) is 0 Å². The summed E-state index contributed by atoms with van der Waals surface area (Å²) in [5, 5.41) is 0. The molecule has 0 aromatic carbocycles. The van der Waals surface area contributed by atoms with Crippen LogP contribution in [0.1, 0.15) is 39.0 Å². The Morgan fingerprint density at radius 3 is 2.70 bits per heavy atom. The Balaban J connectivity index is 1.88. The molecular formula is C14H26N2O3S. The summed E-state index contributed by atoms with van der Waals surface area (Å²) in [7, 11) is -2.84. The van der Waals surface area contributed by atoms with Gasteiger partial charge in [-0.3, -0.25) is 9.69 Å². The van der Waals surface area contributed by atoms with Crippen molar-refractivity contribution in [3.8, 4) is 0 Å². The predicted octanol–water partition coefficient (Wildman–Crippen LogP) is 0.898. The molecule has 6 heteroatoms. The molecule has 1 amide bonds. The highest BCUT2D eigenvalue weighted by molar-refractivity contribution is 7.91. The number of hydrogen-bond acceptors (Lipinski definition) is 4. The van der Waals surface area contributed by atoms with Crippen molar-refractivity contribution in [2.24, 2.45) is 0 Å². The van der Waals surface area contributed by atoms with Gasteiger partial charge in [0.15, 0.2) is 9.84 Å². The van der Waals surface area contributed by atoms with Gasteiger partial charge in [0.05, 0.1) is 11.5 Å². The number of rotatable bonds is 7. The van der Waals surface area contributed by atoms with Crippen LogP contribution in [-0.2, 0) is 14.6 Å². The number of nitrogens with zero attached hydrogens (tertiary/aromatic N) is 2. The minimum absolute atomic E-state index is 0.157. The average molecular weight is 302 g/mol. The van der Waals surface area contributed by atoms with E-state index in [9.17, 15) is 13.2 Å². The second kappa shape index (κ2) is 6.89. The first-order valence-corrected chi connectivity index (χ1v) is 9.56. The third kappa shape index (κ3) is 4.19. The Morgan fingerprint density at radius 2 is 2.15 bits per heavy atom. The van der Waals surface area contributed by atoms with Crippen molar-refractivity contribution < 1.29 is 13.2 Å². The van der Waals surface area contributed by atoms with Crippen molar-refractivity contribution in [3.63, 3.8) is 0 Å². The van der Waals surface area contributed by atoms with Crippen LogP contribution in [-0.4, -0.2) is 67.9 Å². The van der Waals surface area contributed by atoms with Gasteiger partial charge in [0, 0.05) is 32.1 Å². The summed E-state index contributed by atoms with van der Waals surface area (Å²) in [6.45, 7) is 5.51. The first kappa shape index (κ1) is 15.8. The van der Waals surface area contributed by atoms with Crippen molar-refractivity contribution in [2.75, 3.05) is 37.7 Å². The molecule has 0 aromatic heterocycles. The van der Waals surface area contributed by atoms with Crippen LogP contribution >= 0.6 is 0 Å². The lowest BCUT2D eigenvalue weighted by atomic mass is 10.2. The van der Waals surface area contributed by atoms with Gasteiger partial charge in [0.25, 0.3) is 0 Å². The van der Waals surface area contributed by atoms with E-state index in [0.29, 0.717) is 17.9 Å². The SMILES string of the molecule is CCCCN(CCN1CCCC1=O)C1CCS(=O)(=O)C1. The molecule has 5 nitrogen and oxygen atoms in total. The lowest BCUT2D eigenvalue weighted by Crippen LogP contribution is -2.42. The van der Waals surface area contributed by atoms with Gasteiger partial charge in [0.2, 0.25) is 5.91 Å². The van der Waals surface area contributed by atoms with Crippen LogP contribution in [0, 0.1) is 0 Å². The number of hydrogen-bond donors (Lipinski definition) is 0. The lowest BCUT2D eigenvalue weighted by molar-refractivity contribution is -0.127. The number of carbonyl (C=O) groups excluding carboxylic acids is 1. The molecule has 2 heterocycles. The van der Waals surface area contributed by atoms with E-state index in [1.165, 1.54) is 0 Å². The molecule has 2 rings (SSSR count). The van der Waals surface area contributed by atoms with Gasteiger partial charge >= 0.3 is 0 Å². The molecule has 2 saturated heterocycles. The first-order valence-electron chi connectivity index (χ1n) is 7.74. The number of carbonyl (C=O) groups is 1. The number of unbranched alkanes of at least 4 members (excludes halogenated alkanes) is 1. The molecular weight excluding hydrogens is 276 g/mol. The monoisotopic (exact) mass is 302 g/mol. The zero-order chi connectivity index (χ0) is 14.6. The van der Waals surface area contributed by atoms with E-state index in [0.717, 1.165) is 51.9 Å². The van der Waals surface area contributed by atoms with Gasteiger partial charge in [-0.05, 0) is 25.8 Å². The molecule has 116 valence electrons. The van der Waals surface area contributed by atoms with Gasteiger partial charge in [0.1, 0.15) is 0 Å². The van der Waals surface area contributed by atoms with Crippen molar-refractivity contribution >= 4 is 15.7 Å². The third-order valence-electron chi connectivity index (χ3n) is 4.35. The fourth-order valence-corrected chi connectivity index (χ4v) is 4.85. The lowest BCUT2D eigenvalue weighted by Gasteiger charge is -2.29. The molecule has 2 aliphatic heterocycles. The smallest absolute Gasteiger partial charge is 0.222 e. The Bertz CT molecular complexity index is 436. The fourth-order valence-electron chi connectivity index (χ4n) is 3.09. The maximum Gasteiger partial charge on any atom is 0.222 e. The Morgan fingerprint density at radius 1 is 1.35 bits per heavy atom. The molecule has 1 unspecified atom stereocenters. The molecule has 2 aliphatic rings. The third-order valence-corrected chi connectivity index (χ3v) is 6.10. The van der Waals surface area contributed by atoms with E-state index in [4.69, 9.17) is 0 Å². The quantitative estimate of drug-likeness (QED) is 0.701. The molecule has 0 radical (unpaired) electrons. The summed E-state index contributed by atoms with van der Waals surface area (Å²) in [6.07, 6.45) is 4.58. The highest BCUT2D eigenvalue weighted by Crippen LogP contribution is 2.19. The standard InChI is InChI=1S/C14H26N2O3S/c1-2-3-7-15(13-6-11-20(18,19)12-13)9-10-16-8-4-5-14(16)17/h13H,2-12H2,1H3. The van der Waals surface area contributed by atoms with Crippen LogP contribution in [0.3, 0.4) is 0 Å². The van der Waals surface area contributed by atoms with Crippen LogP contribution in [0.2, 0.25) is 0 Å². The zero-order valence-corrected chi connectivity index (χ0v) is 13.2. The highest BCUT2D eigenvalue weighted by atomic mass is 32.2. The van der Waals surface area contributed by atoms with Gasteiger partial charge in [-0.2, -0.15) is 0 Å². The summed E-state index contributed by atoms with van der Waals surface area (Å²) >= 11 is 0. The normalized spacial score (nSPS) is 25.8. The first-order chi connectivity index (χ1) is 9.52. The minimum atomic E-state index is -2.84. The minimum Gasteiger partial charge on any atom is -0.341 e. The Kier molecular flexibility index (Phi) is 5.43. The van der Waals surface area contributed by atoms with Crippen LogP contribution in [0.15, 0.2) is 0 Å². The average Bonchev–Trinajstić information content (AvgIpc) is 2.96. The van der Waals surface area contributed by atoms with Gasteiger partial charge < -0.3 is 4.90 Å². The molecule has 1 atom stereocenters. The van der Waals surface area contributed by atoms with E-state index in [1.54, 1.807) is 0 Å². The molecule has 0 bridgehead atoms. The molecule has 0 saturated carbocycles. The van der Waals surface area contributed by atoms with Crippen LogP contribution in [0.25, 0.3) is 0 Å². The summed E-state index contributed by atoms with van der Waals surface area (Å²) in [6, 6.07) is 0.157. The number of sulfone groups is 1. The van der Waals surface area contributed by atoms with Crippen molar-refractivity contribution in [3.05, 3.63) is 0 Å². The molecule has 2 fully saturated rings. The topological polar surface area (TPSA) is 57.7 Å².